The molecular weight excluding hydrogens is 218 g/mol. The summed E-state index contributed by atoms with van der Waals surface area (Å²) in [5.74, 6) is 1.32. The maximum atomic E-state index is 11.6. The summed E-state index contributed by atoms with van der Waals surface area (Å²) in [6.45, 7) is 2.14. The number of nitrogens with one attached hydrogen (secondary N) is 1. The Kier molecular flexibility index (Phi) is 2.25. The molecule has 0 saturated carbocycles. The number of hydrogen-bond donors (Lipinski definition) is 1. The molecule has 3 heteroatoms. The summed E-state index contributed by atoms with van der Waals surface area (Å²) in [4.78, 5) is 13.0. The molecule has 0 aliphatic carbocycles. The van der Waals surface area contributed by atoms with Gasteiger partial charge in [0, 0.05) is 22.8 Å². The topological polar surface area (TPSA) is 29.1 Å². The van der Waals surface area contributed by atoms with Gasteiger partial charge < -0.3 is 5.32 Å². The third kappa shape index (κ3) is 1.31. The van der Waals surface area contributed by atoms with Gasteiger partial charge in [-0.3, -0.25) is 4.79 Å². The highest BCUT2D eigenvalue weighted by Crippen LogP contribution is 2.47. The zero-order valence-corrected chi connectivity index (χ0v) is 10.1. The van der Waals surface area contributed by atoms with Crippen molar-refractivity contribution in [1.82, 2.24) is 5.32 Å². The standard InChI is InChI=1S/C13H15NOS/c1-9-13(8-12(15)14-9)6-7-16-11-5-3-2-4-10(11)13/h2-5,9H,6-8H2,1H3,(H,14,15). The Hall–Kier alpha value is -0.960. The molecular formula is C13H15NOS. The molecule has 1 aromatic rings. The van der Waals surface area contributed by atoms with E-state index in [4.69, 9.17) is 0 Å². The summed E-state index contributed by atoms with van der Waals surface area (Å²) in [7, 11) is 0. The number of rotatable bonds is 0. The summed E-state index contributed by atoms with van der Waals surface area (Å²) in [5, 5.41) is 3.07. The van der Waals surface area contributed by atoms with E-state index in [-0.39, 0.29) is 17.4 Å². The van der Waals surface area contributed by atoms with Crippen LogP contribution >= 0.6 is 11.8 Å². The minimum absolute atomic E-state index is 0.0545. The van der Waals surface area contributed by atoms with Crippen molar-refractivity contribution in [3.63, 3.8) is 0 Å². The predicted octanol–water partition coefficient (Wildman–Crippen LogP) is 2.33. The van der Waals surface area contributed by atoms with E-state index in [2.05, 4.69) is 36.5 Å². The fourth-order valence-corrected chi connectivity index (χ4v) is 4.27. The van der Waals surface area contributed by atoms with Crippen molar-refractivity contribution < 1.29 is 4.79 Å². The molecule has 1 N–H and O–H groups in total. The van der Waals surface area contributed by atoms with Gasteiger partial charge in [-0.2, -0.15) is 0 Å². The van der Waals surface area contributed by atoms with Crippen LogP contribution in [0.5, 0.6) is 0 Å². The van der Waals surface area contributed by atoms with Crippen molar-refractivity contribution in [2.75, 3.05) is 5.75 Å². The molecule has 0 radical (unpaired) electrons. The molecule has 0 bridgehead atoms. The van der Waals surface area contributed by atoms with E-state index in [1.54, 1.807) is 0 Å². The number of thioether (sulfide) groups is 1. The number of benzene rings is 1. The number of hydrogen-bond acceptors (Lipinski definition) is 2. The van der Waals surface area contributed by atoms with Crippen molar-refractivity contribution in [2.45, 2.75) is 36.1 Å². The Bertz CT molecular complexity index is 445. The van der Waals surface area contributed by atoms with E-state index in [0.717, 1.165) is 12.2 Å². The van der Waals surface area contributed by atoms with Crippen molar-refractivity contribution in [2.24, 2.45) is 0 Å². The summed E-state index contributed by atoms with van der Waals surface area (Å²) in [6.07, 6.45) is 1.76. The SMILES string of the molecule is CC1NC(=O)CC12CCSc1ccccc12. The first-order valence-electron chi connectivity index (χ1n) is 5.74. The lowest BCUT2D eigenvalue weighted by molar-refractivity contribution is -0.119. The van der Waals surface area contributed by atoms with Crippen LogP contribution in [0.25, 0.3) is 0 Å². The quantitative estimate of drug-likeness (QED) is 0.745. The Labute approximate surface area is 99.8 Å². The summed E-state index contributed by atoms with van der Waals surface area (Å²) in [5.41, 5.74) is 1.43. The molecule has 2 nitrogen and oxygen atoms in total. The summed E-state index contributed by atoms with van der Waals surface area (Å²) in [6, 6.07) is 8.80. The summed E-state index contributed by atoms with van der Waals surface area (Å²) < 4.78 is 0. The second-order valence-corrected chi connectivity index (χ2v) is 5.85. The van der Waals surface area contributed by atoms with E-state index in [0.29, 0.717) is 6.42 Å². The van der Waals surface area contributed by atoms with Crippen LogP contribution in [0.3, 0.4) is 0 Å². The van der Waals surface area contributed by atoms with Crippen molar-refractivity contribution in [3.8, 4) is 0 Å². The highest BCUT2D eigenvalue weighted by molar-refractivity contribution is 7.99. The normalized spacial score (nSPS) is 32.6. The molecule has 1 aromatic carbocycles. The highest BCUT2D eigenvalue weighted by Gasteiger charge is 2.47. The van der Waals surface area contributed by atoms with Gasteiger partial charge in [-0.15, -0.1) is 11.8 Å². The molecule has 84 valence electrons. The van der Waals surface area contributed by atoms with E-state index in [1.807, 2.05) is 11.8 Å². The van der Waals surface area contributed by atoms with Crippen molar-refractivity contribution in [1.29, 1.82) is 0 Å². The van der Waals surface area contributed by atoms with Gasteiger partial charge in [-0.1, -0.05) is 18.2 Å². The van der Waals surface area contributed by atoms with Gasteiger partial charge in [0.15, 0.2) is 0 Å². The minimum atomic E-state index is 0.0545. The van der Waals surface area contributed by atoms with Crippen LogP contribution in [-0.2, 0) is 10.2 Å². The van der Waals surface area contributed by atoms with Crippen LogP contribution < -0.4 is 5.32 Å². The maximum Gasteiger partial charge on any atom is 0.221 e. The molecule has 3 rings (SSSR count). The second kappa shape index (κ2) is 3.52. The van der Waals surface area contributed by atoms with Crippen LogP contribution in [0, 0.1) is 0 Å². The average molecular weight is 233 g/mol. The Morgan fingerprint density at radius 1 is 1.44 bits per heavy atom. The van der Waals surface area contributed by atoms with Crippen LogP contribution in [0.1, 0.15) is 25.3 Å². The lowest BCUT2D eigenvalue weighted by Gasteiger charge is -2.37. The molecule has 0 aromatic heterocycles. The maximum absolute atomic E-state index is 11.6. The van der Waals surface area contributed by atoms with Crippen molar-refractivity contribution >= 4 is 17.7 Å². The lowest BCUT2D eigenvalue weighted by Crippen LogP contribution is -2.40. The zero-order valence-electron chi connectivity index (χ0n) is 9.32. The molecule has 2 aliphatic rings. The first-order valence-corrected chi connectivity index (χ1v) is 6.73. The minimum Gasteiger partial charge on any atom is -0.353 e. The van der Waals surface area contributed by atoms with Gasteiger partial charge in [0.25, 0.3) is 0 Å². The average Bonchev–Trinajstić information content (AvgIpc) is 2.55. The molecule has 2 unspecified atom stereocenters. The lowest BCUT2D eigenvalue weighted by atomic mass is 9.72. The van der Waals surface area contributed by atoms with E-state index in [1.165, 1.54) is 10.5 Å². The Balaban J connectivity index is 2.13. The molecule has 1 amide bonds. The molecule has 1 spiro atoms. The van der Waals surface area contributed by atoms with Crippen LogP contribution in [0.4, 0.5) is 0 Å². The third-order valence-corrected chi connectivity index (χ3v) is 4.99. The zero-order chi connectivity index (χ0) is 11.2. The van der Waals surface area contributed by atoms with Crippen LogP contribution in [-0.4, -0.2) is 17.7 Å². The van der Waals surface area contributed by atoms with Crippen LogP contribution in [0.15, 0.2) is 29.2 Å². The number of fused-ring (bicyclic) bond motifs is 2. The first kappa shape index (κ1) is 10.2. The second-order valence-electron chi connectivity index (χ2n) is 4.72. The van der Waals surface area contributed by atoms with Crippen LogP contribution in [0.2, 0.25) is 0 Å². The molecule has 1 saturated heterocycles. The Morgan fingerprint density at radius 3 is 3.00 bits per heavy atom. The number of amides is 1. The van der Waals surface area contributed by atoms with Gasteiger partial charge in [-0.25, -0.2) is 0 Å². The third-order valence-electron chi connectivity index (χ3n) is 3.91. The van der Waals surface area contributed by atoms with Gasteiger partial charge in [0.2, 0.25) is 5.91 Å². The molecule has 16 heavy (non-hydrogen) atoms. The smallest absolute Gasteiger partial charge is 0.221 e. The monoisotopic (exact) mass is 233 g/mol. The number of carbonyl (C=O) groups is 1. The largest absolute Gasteiger partial charge is 0.353 e. The first-order chi connectivity index (χ1) is 7.72. The highest BCUT2D eigenvalue weighted by atomic mass is 32.2. The number of carbonyl (C=O) groups excluding carboxylic acids is 1. The van der Waals surface area contributed by atoms with E-state index < -0.39 is 0 Å². The fourth-order valence-electron chi connectivity index (χ4n) is 2.99. The van der Waals surface area contributed by atoms with Gasteiger partial charge >= 0.3 is 0 Å². The van der Waals surface area contributed by atoms with E-state index >= 15 is 0 Å². The summed E-state index contributed by atoms with van der Waals surface area (Å²) >= 11 is 1.91. The Morgan fingerprint density at radius 2 is 2.25 bits per heavy atom. The molecule has 2 atom stereocenters. The van der Waals surface area contributed by atoms with Gasteiger partial charge in [-0.05, 0) is 30.7 Å². The molecule has 2 heterocycles. The van der Waals surface area contributed by atoms with Gasteiger partial charge in [0.1, 0.15) is 0 Å². The van der Waals surface area contributed by atoms with E-state index in [9.17, 15) is 4.79 Å². The predicted molar refractivity (Wildman–Crippen MR) is 65.7 cm³/mol. The molecule has 1 fully saturated rings. The fraction of sp³-hybridized carbons (Fsp3) is 0.462. The van der Waals surface area contributed by atoms with Gasteiger partial charge in [0.05, 0.1) is 0 Å². The molecule has 2 aliphatic heterocycles. The van der Waals surface area contributed by atoms with Crippen molar-refractivity contribution in [3.05, 3.63) is 29.8 Å².